The molecule has 0 saturated carbocycles. The van der Waals surface area contributed by atoms with Gasteiger partial charge in [0.25, 0.3) is 0 Å². The molecule has 0 spiro atoms. The summed E-state index contributed by atoms with van der Waals surface area (Å²) >= 11 is 0. The molecule has 0 heterocycles. The van der Waals surface area contributed by atoms with E-state index >= 15 is 0 Å². The van der Waals surface area contributed by atoms with Crippen LogP contribution in [0.4, 0.5) is 0 Å². The van der Waals surface area contributed by atoms with Gasteiger partial charge in [-0.05, 0) is 36.4 Å². The Morgan fingerprint density at radius 2 is 1.30 bits per heavy atom. The maximum absolute atomic E-state index is 11.1. The third-order valence-electron chi connectivity index (χ3n) is 2.52. The van der Waals surface area contributed by atoms with Crippen molar-refractivity contribution in [1.82, 2.24) is 0 Å². The van der Waals surface area contributed by atoms with Crippen molar-refractivity contribution < 1.29 is 17.9 Å². The molecule has 106 valence electrons. The zero-order valence-electron chi connectivity index (χ0n) is 10.7. The van der Waals surface area contributed by atoms with Crippen molar-refractivity contribution in [3.63, 3.8) is 0 Å². The molecule has 6 heteroatoms. The maximum atomic E-state index is 11.1. The number of hydrogen-bond acceptors (Lipinski definition) is 4. The molecule has 20 heavy (non-hydrogen) atoms. The molecule has 0 bridgehead atoms. The molecule has 5 nitrogen and oxygen atoms in total. The Morgan fingerprint density at radius 1 is 0.800 bits per heavy atom. The third kappa shape index (κ3) is 4.25. The minimum atomic E-state index is -3.66. The van der Waals surface area contributed by atoms with Gasteiger partial charge >= 0.3 is 0 Å². The van der Waals surface area contributed by atoms with Gasteiger partial charge in [0.15, 0.2) is 0 Å². The van der Waals surface area contributed by atoms with E-state index in [1.54, 1.807) is 12.1 Å². The van der Waals surface area contributed by atoms with Crippen molar-refractivity contribution in [2.24, 2.45) is 5.14 Å². The summed E-state index contributed by atoms with van der Waals surface area (Å²) in [7, 11) is -3.66. The van der Waals surface area contributed by atoms with Crippen LogP contribution in [0.3, 0.4) is 0 Å². The number of nitrogens with two attached hydrogens (primary N) is 1. The summed E-state index contributed by atoms with van der Waals surface area (Å²) in [5.41, 5.74) is 0. The number of ether oxygens (including phenoxy) is 2. The predicted molar refractivity (Wildman–Crippen MR) is 75.2 cm³/mol. The quantitative estimate of drug-likeness (QED) is 0.824. The van der Waals surface area contributed by atoms with Crippen molar-refractivity contribution in [3.8, 4) is 11.5 Å². The van der Waals surface area contributed by atoms with Crippen LogP contribution in [0.5, 0.6) is 11.5 Å². The third-order valence-corrected chi connectivity index (χ3v) is 3.45. The van der Waals surface area contributed by atoms with E-state index in [9.17, 15) is 8.42 Å². The standard InChI is InChI=1S/C14H15NO4S/c15-20(16,17)14-8-6-13(7-9-14)19-11-10-18-12-4-2-1-3-5-12/h1-9H,10-11H2,(H2,15,16,17). The Hall–Kier alpha value is -2.05. The molecule has 2 rings (SSSR count). The molecule has 0 unspecified atom stereocenters. The predicted octanol–water partition coefficient (Wildman–Crippen LogP) is 1.79. The van der Waals surface area contributed by atoms with Crippen molar-refractivity contribution in [3.05, 3.63) is 54.6 Å². The van der Waals surface area contributed by atoms with Crippen LogP contribution in [0, 0.1) is 0 Å². The molecule has 2 aromatic rings. The normalized spacial score (nSPS) is 11.1. The van der Waals surface area contributed by atoms with E-state index in [1.807, 2.05) is 30.3 Å². The van der Waals surface area contributed by atoms with E-state index in [-0.39, 0.29) is 4.90 Å². The second kappa shape index (κ2) is 6.40. The first kappa shape index (κ1) is 14.4. The molecular formula is C14H15NO4S. The van der Waals surface area contributed by atoms with Crippen LogP contribution in [0.1, 0.15) is 0 Å². The topological polar surface area (TPSA) is 78.6 Å². The molecule has 0 aliphatic carbocycles. The Balaban J connectivity index is 1.80. The first-order valence-corrected chi connectivity index (χ1v) is 7.54. The minimum Gasteiger partial charge on any atom is -0.490 e. The van der Waals surface area contributed by atoms with Crippen molar-refractivity contribution >= 4 is 10.0 Å². The fourth-order valence-corrected chi connectivity index (χ4v) is 2.08. The largest absolute Gasteiger partial charge is 0.490 e. The summed E-state index contributed by atoms with van der Waals surface area (Å²) in [6.07, 6.45) is 0. The van der Waals surface area contributed by atoms with Crippen molar-refractivity contribution in [2.75, 3.05) is 13.2 Å². The molecule has 0 saturated heterocycles. The zero-order valence-corrected chi connectivity index (χ0v) is 11.5. The molecule has 0 aromatic heterocycles. The van der Waals surface area contributed by atoms with E-state index in [2.05, 4.69) is 0 Å². The minimum absolute atomic E-state index is 0.0605. The SMILES string of the molecule is NS(=O)(=O)c1ccc(OCCOc2ccccc2)cc1. The first-order valence-electron chi connectivity index (χ1n) is 5.99. The van der Waals surface area contributed by atoms with Crippen LogP contribution >= 0.6 is 0 Å². The van der Waals surface area contributed by atoms with Crippen LogP contribution < -0.4 is 14.6 Å². The highest BCUT2D eigenvalue weighted by Gasteiger charge is 2.06. The Labute approximate surface area is 118 Å². The van der Waals surface area contributed by atoms with Gasteiger partial charge in [0.2, 0.25) is 10.0 Å². The zero-order chi connectivity index (χ0) is 14.4. The summed E-state index contributed by atoms with van der Waals surface area (Å²) < 4.78 is 33.1. The number of primary sulfonamides is 1. The van der Waals surface area contributed by atoms with E-state index in [0.717, 1.165) is 5.75 Å². The lowest BCUT2D eigenvalue weighted by atomic mass is 10.3. The molecule has 2 aromatic carbocycles. The Kier molecular flexibility index (Phi) is 4.60. The van der Waals surface area contributed by atoms with Gasteiger partial charge in [0.1, 0.15) is 24.7 Å². The van der Waals surface area contributed by atoms with Gasteiger partial charge in [0, 0.05) is 0 Å². The summed E-state index contributed by atoms with van der Waals surface area (Å²) in [6.45, 7) is 0.768. The fourth-order valence-electron chi connectivity index (χ4n) is 1.56. The monoisotopic (exact) mass is 293 g/mol. The van der Waals surface area contributed by atoms with E-state index < -0.39 is 10.0 Å². The lowest BCUT2D eigenvalue weighted by Crippen LogP contribution is -2.12. The van der Waals surface area contributed by atoms with Crippen LogP contribution in [0.2, 0.25) is 0 Å². The van der Waals surface area contributed by atoms with Crippen molar-refractivity contribution in [2.45, 2.75) is 4.90 Å². The average Bonchev–Trinajstić information content (AvgIpc) is 2.44. The van der Waals surface area contributed by atoms with Gasteiger partial charge in [-0.3, -0.25) is 0 Å². The van der Waals surface area contributed by atoms with Crippen LogP contribution in [0.25, 0.3) is 0 Å². The molecule has 0 aliphatic rings. The van der Waals surface area contributed by atoms with E-state index in [0.29, 0.717) is 19.0 Å². The maximum Gasteiger partial charge on any atom is 0.238 e. The number of sulfonamides is 1. The van der Waals surface area contributed by atoms with Gasteiger partial charge in [-0.15, -0.1) is 0 Å². The summed E-state index contributed by atoms with van der Waals surface area (Å²) in [6, 6.07) is 15.3. The molecule has 0 fully saturated rings. The number of hydrogen-bond donors (Lipinski definition) is 1. The summed E-state index contributed by atoms with van der Waals surface area (Å²) in [5.74, 6) is 1.34. The lowest BCUT2D eigenvalue weighted by molar-refractivity contribution is 0.217. The molecule has 0 amide bonds. The average molecular weight is 293 g/mol. The highest BCUT2D eigenvalue weighted by molar-refractivity contribution is 7.89. The smallest absolute Gasteiger partial charge is 0.238 e. The number of benzene rings is 2. The second-order valence-electron chi connectivity index (χ2n) is 4.03. The number of para-hydroxylation sites is 1. The molecule has 0 atom stereocenters. The van der Waals surface area contributed by atoms with Crippen LogP contribution in [0.15, 0.2) is 59.5 Å². The van der Waals surface area contributed by atoms with Crippen molar-refractivity contribution in [1.29, 1.82) is 0 Å². The molecule has 0 radical (unpaired) electrons. The lowest BCUT2D eigenvalue weighted by Gasteiger charge is -2.08. The van der Waals surface area contributed by atoms with Gasteiger partial charge in [-0.25, -0.2) is 13.6 Å². The molecule has 0 aliphatic heterocycles. The van der Waals surface area contributed by atoms with Gasteiger partial charge in [-0.2, -0.15) is 0 Å². The van der Waals surface area contributed by atoms with E-state index in [4.69, 9.17) is 14.6 Å². The van der Waals surface area contributed by atoms with E-state index in [1.165, 1.54) is 12.1 Å². The van der Waals surface area contributed by atoms with Gasteiger partial charge in [-0.1, -0.05) is 18.2 Å². The van der Waals surface area contributed by atoms with Crippen LogP contribution in [-0.4, -0.2) is 21.6 Å². The van der Waals surface area contributed by atoms with Crippen LogP contribution in [-0.2, 0) is 10.0 Å². The summed E-state index contributed by atoms with van der Waals surface area (Å²) in [5, 5.41) is 5.00. The Bertz CT molecular complexity index is 639. The highest BCUT2D eigenvalue weighted by Crippen LogP contribution is 2.15. The molecular weight excluding hydrogens is 278 g/mol. The fraction of sp³-hybridized carbons (Fsp3) is 0.143. The first-order chi connectivity index (χ1) is 9.55. The highest BCUT2D eigenvalue weighted by atomic mass is 32.2. The Morgan fingerprint density at radius 3 is 1.80 bits per heavy atom. The van der Waals surface area contributed by atoms with Gasteiger partial charge in [0.05, 0.1) is 4.90 Å². The molecule has 2 N–H and O–H groups in total. The summed E-state index contributed by atoms with van der Waals surface area (Å²) in [4.78, 5) is 0.0605. The van der Waals surface area contributed by atoms with Gasteiger partial charge < -0.3 is 9.47 Å². The second-order valence-corrected chi connectivity index (χ2v) is 5.59. The number of rotatable bonds is 6.